The summed E-state index contributed by atoms with van der Waals surface area (Å²) in [6.07, 6.45) is 2.64. The molecule has 2 unspecified atom stereocenters. The van der Waals surface area contributed by atoms with Gasteiger partial charge in [0.05, 0.1) is 17.1 Å². The maximum atomic E-state index is 4.67. The summed E-state index contributed by atoms with van der Waals surface area (Å²) in [4.78, 5) is 2.45. The van der Waals surface area contributed by atoms with E-state index in [4.69, 9.17) is 0 Å². The molecule has 1 aliphatic heterocycles. The summed E-state index contributed by atoms with van der Waals surface area (Å²) in [6.45, 7) is 13.4. The highest BCUT2D eigenvalue weighted by atomic mass is 15.3. The Morgan fingerprint density at radius 1 is 1.25 bits per heavy atom. The van der Waals surface area contributed by atoms with E-state index in [1.807, 2.05) is 0 Å². The van der Waals surface area contributed by atoms with Gasteiger partial charge in [-0.25, -0.2) is 0 Å². The molecule has 0 amide bonds. The minimum absolute atomic E-state index is 0.417. The van der Waals surface area contributed by atoms with E-state index in [0.29, 0.717) is 12.1 Å². The number of aryl methyl sites for hydroxylation is 1. The van der Waals surface area contributed by atoms with Crippen LogP contribution in [0.3, 0.4) is 0 Å². The van der Waals surface area contributed by atoms with Crippen molar-refractivity contribution in [2.24, 2.45) is 5.92 Å². The van der Waals surface area contributed by atoms with Crippen LogP contribution in [0.2, 0.25) is 0 Å². The Morgan fingerprint density at radius 3 is 2.50 bits per heavy atom. The summed E-state index contributed by atoms with van der Waals surface area (Å²) in [5.74, 6) is 0.731. The molecule has 4 nitrogen and oxygen atoms in total. The van der Waals surface area contributed by atoms with Gasteiger partial charge in [0.15, 0.2) is 0 Å². The van der Waals surface area contributed by atoms with Gasteiger partial charge >= 0.3 is 0 Å². The van der Waals surface area contributed by atoms with Crippen LogP contribution in [0, 0.1) is 19.8 Å². The molecular weight excluding hydrogens is 248 g/mol. The summed E-state index contributed by atoms with van der Waals surface area (Å²) in [7, 11) is 2.23. The van der Waals surface area contributed by atoms with Gasteiger partial charge in [0.1, 0.15) is 0 Å². The van der Waals surface area contributed by atoms with Gasteiger partial charge in [-0.2, -0.15) is 5.10 Å². The number of nitrogens with one attached hydrogen (secondary N) is 1. The van der Waals surface area contributed by atoms with Crippen molar-refractivity contribution in [3.63, 3.8) is 0 Å². The van der Waals surface area contributed by atoms with Gasteiger partial charge in [0.25, 0.3) is 0 Å². The fraction of sp³-hybridized carbons (Fsp3) is 0.812. The third-order valence-electron chi connectivity index (χ3n) is 4.55. The summed E-state index contributed by atoms with van der Waals surface area (Å²) < 4.78 is 2.12. The van der Waals surface area contributed by atoms with Crippen molar-refractivity contribution in [3.05, 3.63) is 11.4 Å². The van der Waals surface area contributed by atoms with E-state index >= 15 is 0 Å². The molecule has 114 valence electrons. The first-order chi connectivity index (χ1) is 9.40. The third-order valence-corrected chi connectivity index (χ3v) is 4.55. The summed E-state index contributed by atoms with van der Waals surface area (Å²) in [5, 5.41) is 8.40. The molecular formula is C16H30N4. The molecule has 1 N–H and O–H groups in total. The predicted molar refractivity (Wildman–Crippen MR) is 85.4 cm³/mol. The molecule has 0 radical (unpaired) electrons. The zero-order chi connectivity index (χ0) is 14.9. The summed E-state index contributed by atoms with van der Waals surface area (Å²) in [6, 6.07) is 0.917. The van der Waals surface area contributed by atoms with Crippen LogP contribution in [-0.4, -0.2) is 40.9 Å². The smallest absolute Gasteiger partial charge is 0.0828 e. The average molecular weight is 278 g/mol. The van der Waals surface area contributed by atoms with Gasteiger partial charge in [-0.05, 0) is 67.0 Å². The Bertz CT molecular complexity index is 450. The van der Waals surface area contributed by atoms with Gasteiger partial charge in [-0.3, -0.25) is 4.68 Å². The standard InChI is InChI=1S/C16H30N4/c1-11(2)20-14(5)16(13(4)18-20)17-12(3)15-8-7-9-19(6)10-15/h11-12,15,17H,7-10H2,1-6H3. The first-order valence-electron chi connectivity index (χ1n) is 7.91. The van der Waals surface area contributed by atoms with Gasteiger partial charge in [0, 0.05) is 18.6 Å². The molecule has 4 heteroatoms. The van der Waals surface area contributed by atoms with Crippen LogP contribution in [0.25, 0.3) is 0 Å². The lowest BCUT2D eigenvalue weighted by Gasteiger charge is -2.34. The molecule has 1 aliphatic rings. The molecule has 2 rings (SSSR count). The van der Waals surface area contributed by atoms with Gasteiger partial charge in [-0.15, -0.1) is 0 Å². The molecule has 0 aliphatic carbocycles. The van der Waals surface area contributed by atoms with Crippen molar-refractivity contribution < 1.29 is 0 Å². The highest BCUT2D eigenvalue weighted by Crippen LogP contribution is 2.26. The fourth-order valence-corrected chi connectivity index (χ4v) is 3.33. The van der Waals surface area contributed by atoms with E-state index < -0.39 is 0 Å². The van der Waals surface area contributed by atoms with Crippen molar-refractivity contribution in [3.8, 4) is 0 Å². The van der Waals surface area contributed by atoms with Crippen LogP contribution >= 0.6 is 0 Å². The number of aromatic nitrogens is 2. The van der Waals surface area contributed by atoms with Crippen molar-refractivity contribution in [1.82, 2.24) is 14.7 Å². The highest BCUT2D eigenvalue weighted by molar-refractivity contribution is 5.53. The zero-order valence-corrected chi connectivity index (χ0v) is 13.9. The maximum Gasteiger partial charge on any atom is 0.0828 e. The van der Waals surface area contributed by atoms with Crippen LogP contribution in [-0.2, 0) is 0 Å². The van der Waals surface area contributed by atoms with E-state index in [1.54, 1.807) is 0 Å². The Labute approximate surface area is 123 Å². The number of anilines is 1. The molecule has 0 spiro atoms. The normalized spacial score (nSPS) is 22.2. The molecule has 0 aromatic carbocycles. The van der Waals surface area contributed by atoms with Gasteiger partial charge < -0.3 is 10.2 Å². The van der Waals surface area contributed by atoms with E-state index in [2.05, 4.69) is 61.7 Å². The van der Waals surface area contributed by atoms with E-state index in [0.717, 1.165) is 11.6 Å². The summed E-state index contributed by atoms with van der Waals surface area (Å²) in [5.41, 5.74) is 3.61. The number of hydrogen-bond donors (Lipinski definition) is 1. The molecule has 1 saturated heterocycles. The maximum absolute atomic E-state index is 4.67. The lowest BCUT2D eigenvalue weighted by atomic mass is 9.91. The number of rotatable bonds is 4. The van der Waals surface area contributed by atoms with E-state index in [9.17, 15) is 0 Å². The molecule has 1 aromatic rings. The van der Waals surface area contributed by atoms with Crippen molar-refractivity contribution in [2.45, 2.75) is 59.5 Å². The topological polar surface area (TPSA) is 33.1 Å². The fourth-order valence-electron chi connectivity index (χ4n) is 3.33. The van der Waals surface area contributed by atoms with Gasteiger partial charge in [-0.1, -0.05) is 0 Å². The number of hydrogen-bond acceptors (Lipinski definition) is 3. The largest absolute Gasteiger partial charge is 0.379 e. The average Bonchev–Trinajstić information content (AvgIpc) is 2.67. The molecule has 0 bridgehead atoms. The Morgan fingerprint density at radius 2 is 1.95 bits per heavy atom. The molecule has 1 aromatic heterocycles. The third kappa shape index (κ3) is 3.17. The number of likely N-dealkylation sites (tertiary alicyclic amines) is 1. The first-order valence-corrected chi connectivity index (χ1v) is 7.91. The second kappa shape index (κ2) is 6.17. The van der Waals surface area contributed by atoms with Crippen molar-refractivity contribution >= 4 is 5.69 Å². The molecule has 1 fully saturated rings. The molecule has 0 saturated carbocycles. The Hall–Kier alpha value is -1.03. The van der Waals surface area contributed by atoms with E-state index in [1.165, 1.54) is 37.3 Å². The van der Waals surface area contributed by atoms with Crippen molar-refractivity contribution in [2.75, 3.05) is 25.5 Å². The number of nitrogens with zero attached hydrogens (tertiary/aromatic N) is 3. The molecule has 2 heterocycles. The minimum Gasteiger partial charge on any atom is -0.379 e. The minimum atomic E-state index is 0.417. The van der Waals surface area contributed by atoms with Crippen LogP contribution in [0.15, 0.2) is 0 Å². The van der Waals surface area contributed by atoms with Crippen LogP contribution in [0.1, 0.15) is 51.0 Å². The zero-order valence-electron chi connectivity index (χ0n) is 13.9. The highest BCUT2D eigenvalue weighted by Gasteiger charge is 2.24. The SMILES string of the molecule is Cc1nn(C(C)C)c(C)c1NC(C)C1CCCN(C)C1. The molecule has 2 atom stereocenters. The first kappa shape index (κ1) is 15.4. The summed E-state index contributed by atoms with van der Waals surface area (Å²) >= 11 is 0. The molecule has 20 heavy (non-hydrogen) atoms. The quantitative estimate of drug-likeness (QED) is 0.918. The second-order valence-electron chi connectivity index (χ2n) is 6.68. The van der Waals surface area contributed by atoms with Crippen LogP contribution in [0.4, 0.5) is 5.69 Å². The second-order valence-corrected chi connectivity index (χ2v) is 6.68. The van der Waals surface area contributed by atoms with Crippen LogP contribution in [0.5, 0.6) is 0 Å². The lowest BCUT2D eigenvalue weighted by molar-refractivity contribution is 0.197. The lowest BCUT2D eigenvalue weighted by Crippen LogP contribution is -2.40. The Balaban J connectivity index is 2.09. The van der Waals surface area contributed by atoms with Crippen LogP contribution < -0.4 is 5.32 Å². The number of piperidine rings is 1. The van der Waals surface area contributed by atoms with Crippen molar-refractivity contribution in [1.29, 1.82) is 0 Å². The monoisotopic (exact) mass is 278 g/mol. The Kier molecular flexibility index (Phi) is 4.74. The van der Waals surface area contributed by atoms with E-state index in [-0.39, 0.29) is 0 Å². The van der Waals surface area contributed by atoms with Gasteiger partial charge in [0.2, 0.25) is 0 Å². The predicted octanol–water partition coefficient (Wildman–Crippen LogP) is 3.22.